The second kappa shape index (κ2) is 6.45. The molecule has 0 saturated heterocycles. The molecule has 0 saturated carbocycles. The van der Waals surface area contributed by atoms with E-state index in [1.165, 1.54) is 0 Å². The second-order valence-electron chi connectivity index (χ2n) is 4.76. The largest absolute Gasteiger partial charge is 0.347 e. The van der Waals surface area contributed by atoms with E-state index in [1.807, 2.05) is 48.5 Å². The van der Waals surface area contributed by atoms with Crippen molar-refractivity contribution in [3.8, 4) is 5.69 Å². The topological polar surface area (TPSA) is 46.9 Å². The number of hydrogen-bond acceptors (Lipinski definition) is 2. The average Bonchev–Trinajstić information content (AvgIpc) is 3.04. The lowest BCUT2D eigenvalue weighted by Crippen LogP contribution is -2.25. The molecule has 0 bridgehead atoms. The van der Waals surface area contributed by atoms with Crippen LogP contribution in [0.1, 0.15) is 16.1 Å². The van der Waals surface area contributed by atoms with Gasteiger partial charge in [0.1, 0.15) is 5.69 Å². The molecule has 0 aliphatic rings. The first kappa shape index (κ1) is 14.4. The number of nitrogens with one attached hydrogen (secondary N) is 1. The highest BCUT2D eigenvalue weighted by molar-refractivity contribution is 6.31. The van der Waals surface area contributed by atoms with E-state index < -0.39 is 0 Å². The highest BCUT2D eigenvalue weighted by Gasteiger charge is 2.13. The Bertz CT molecular complexity index is 783. The number of aromatic nitrogens is 2. The van der Waals surface area contributed by atoms with E-state index in [0.29, 0.717) is 17.3 Å². The zero-order valence-electron chi connectivity index (χ0n) is 11.7. The van der Waals surface area contributed by atoms with E-state index in [4.69, 9.17) is 11.6 Å². The highest BCUT2D eigenvalue weighted by Crippen LogP contribution is 2.15. The summed E-state index contributed by atoms with van der Waals surface area (Å²) in [7, 11) is 0. The minimum atomic E-state index is -0.193. The molecule has 0 fully saturated rings. The van der Waals surface area contributed by atoms with Gasteiger partial charge in [0, 0.05) is 17.3 Å². The predicted octanol–water partition coefficient (Wildman–Crippen LogP) is 3.46. The van der Waals surface area contributed by atoms with Crippen LogP contribution in [0.5, 0.6) is 0 Å². The van der Waals surface area contributed by atoms with Gasteiger partial charge in [-0.2, -0.15) is 0 Å². The summed E-state index contributed by atoms with van der Waals surface area (Å²) >= 11 is 6.09. The Hall–Kier alpha value is -2.59. The van der Waals surface area contributed by atoms with Crippen molar-refractivity contribution in [2.45, 2.75) is 6.54 Å². The quantitative estimate of drug-likeness (QED) is 0.802. The van der Waals surface area contributed by atoms with Gasteiger partial charge >= 0.3 is 0 Å². The van der Waals surface area contributed by atoms with Crippen LogP contribution in [0.2, 0.25) is 5.02 Å². The van der Waals surface area contributed by atoms with E-state index in [2.05, 4.69) is 10.3 Å². The van der Waals surface area contributed by atoms with E-state index in [9.17, 15) is 4.79 Å². The number of nitrogens with zero attached hydrogens (tertiary/aromatic N) is 2. The first-order chi connectivity index (χ1) is 10.8. The monoisotopic (exact) mass is 311 g/mol. The van der Waals surface area contributed by atoms with Crippen molar-refractivity contribution >= 4 is 17.5 Å². The molecule has 1 amide bonds. The molecule has 4 nitrogen and oxygen atoms in total. The van der Waals surface area contributed by atoms with Crippen molar-refractivity contribution in [1.82, 2.24) is 14.9 Å². The van der Waals surface area contributed by atoms with Gasteiger partial charge in [-0.15, -0.1) is 0 Å². The molecule has 1 aromatic heterocycles. The van der Waals surface area contributed by atoms with Gasteiger partial charge in [0.2, 0.25) is 0 Å². The SMILES string of the molecule is O=C(NCc1ccccc1Cl)c1cncn1-c1ccccc1. The molecule has 0 radical (unpaired) electrons. The maximum atomic E-state index is 12.4. The van der Waals surface area contributed by atoms with Gasteiger partial charge < -0.3 is 5.32 Å². The van der Waals surface area contributed by atoms with Crippen LogP contribution in [0.3, 0.4) is 0 Å². The molecular weight excluding hydrogens is 298 g/mol. The Labute approximate surface area is 133 Å². The lowest BCUT2D eigenvalue weighted by Gasteiger charge is -2.09. The van der Waals surface area contributed by atoms with Gasteiger partial charge in [-0.05, 0) is 23.8 Å². The van der Waals surface area contributed by atoms with Gasteiger partial charge in [0.15, 0.2) is 0 Å². The molecule has 1 N–H and O–H groups in total. The van der Waals surface area contributed by atoms with Crippen molar-refractivity contribution in [2.24, 2.45) is 0 Å². The number of imidazole rings is 1. The fourth-order valence-corrected chi connectivity index (χ4v) is 2.37. The van der Waals surface area contributed by atoms with Crippen LogP contribution in [0.25, 0.3) is 5.69 Å². The standard InChI is InChI=1S/C17H14ClN3O/c18-15-9-5-4-6-13(15)10-20-17(22)16-11-19-12-21(16)14-7-2-1-3-8-14/h1-9,11-12H,10H2,(H,20,22). The maximum Gasteiger partial charge on any atom is 0.270 e. The van der Waals surface area contributed by atoms with Crippen LogP contribution in [-0.2, 0) is 6.54 Å². The van der Waals surface area contributed by atoms with Crippen LogP contribution in [-0.4, -0.2) is 15.5 Å². The highest BCUT2D eigenvalue weighted by atomic mass is 35.5. The molecule has 0 spiro atoms. The number of amides is 1. The molecule has 0 atom stereocenters. The maximum absolute atomic E-state index is 12.4. The van der Waals surface area contributed by atoms with Crippen molar-refractivity contribution in [2.75, 3.05) is 0 Å². The minimum Gasteiger partial charge on any atom is -0.347 e. The van der Waals surface area contributed by atoms with E-state index in [0.717, 1.165) is 11.3 Å². The summed E-state index contributed by atoms with van der Waals surface area (Å²) in [4.78, 5) is 16.4. The molecule has 3 aromatic rings. The van der Waals surface area contributed by atoms with E-state index in [-0.39, 0.29) is 5.91 Å². The molecule has 22 heavy (non-hydrogen) atoms. The second-order valence-corrected chi connectivity index (χ2v) is 5.17. The number of carbonyl (C=O) groups is 1. The number of benzene rings is 2. The van der Waals surface area contributed by atoms with Crippen LogP contribution < -0.4 is 5.32 Å². The molecule has 110 valence electrons. The number of carbonyl (C=O) groups excluding carboxylic acids is 1. The third-order valence-electron chi connectivity index (χ3n) is 3.30. The van der Waals surface area contributed by atoms with Crippen LogP contribution in [0, 0.1) is 0 Å². The van der Waals surface area contributed by atoms with Crippen molar-refractivity contribution in [1.29, 1.82) is 0 Å². The average molecular weight is 312 g/mol. The molecule has 2 aromatic carbocycles. The van der Waals surface area contributed by atoms with Crippen LogP contribution in [0.15, 0.2) is 67.1 Å². The molecule has 0 aliphatic heterocycles. The molecular formula is C17H14ClN3O. The fourth-order valence-electron chi connectivity index (χ4n) is 2.17. The summed E-state index contributed by atoms with van der Waals surface area (Å²) in [6, 6.07) is 17.0. The van der Waals surface area contributed by atoms with Gasteiger partial charge in [0.05, 0.1) is 12.5 Å². The smallest absolute Gasteiger partial charge is 0.270 e. The minimum absolute atomic E-state index is 0.193. The number of rotatable bonds is 4. The Morgan fingerprint density at radius 1 is 1.09 bits per heavy atom. The van der Waals surface area contributed by atoms with Crippen LogP contribution in [0.4, 0.5) is 0 Å². The summed E-state index contributed by atoms with van der Waals surface area (Å²) in [5.41, 5.74) is 2.25. The molecule has 3 rings (SSSR count). The van der Waals surface area contributed by atoms with Crippen molar-refractivity contribution < 1.29 is 4.79 Å². The summed E-state index contributed by atoms with van der Waals surface area (Å²) in [6.07, 6.45) is 3.18. The van der Waals surface area contributed by atoms with Crippen molar-refractivity contribution in [3.63, 3.8) is 0 Å². The molecule has 5 heteroatoms. The lowest BCUT2D eigenvalue weighted by atomic mass is 10.2. The first-order valence-corrected chi connectivity index (χ1v) is 7.23. The van der Waals surface area contributed by atoms with Gasteiger partial charge in [-0.1, -0.05) is 48.0 Å². The molecule has 0 aliphatic carbocycles. The number of halogens is 1. The molecule has 0 unspecified atom stereocenters. The zero-order valence-corrected chi connectivity index (χ0v) is 12.5. The Morgan fingerprint density at radius 2 is 1.82 bits per heavy atom. The first-order valence-electron chi connectivity index (χ1n) is 6.85. The van der Waals surface area contributed by atoms with Gasteiger partial charge in [0.25, 0.3) is 5.91 Å². The molecule has 1 heterocycles. The number of hydrogen-bond donors (Lipinski definition) is 1. The third kappa shape index (κ3) is 3.02. The van der Waals surface area contributed by atoms with E-state index in [1.54, 1.807) is 23.2 Å². The predicted molar refractivity (Wildman–Crippen MR) is 86.2 cm³/mol. The number of para-hydroxylation sites is 1. The Morgan fingerprint density at radius 3 is 2.59 bits per heavy atom. The Balaban J connectivity index is 1.77. The lowest BCUT2D eigenvalue weighted by molar-refractivity contribution is 0.0944. The summed E-state index contributed by atoms with van der Waals surface area (Å²) in [5.74, 6) is -0.193. The van der Waals surface area contributed by atoms with E-state index >= 15 is 0 Å². The van der Waals surface area contributed by atoms with Crippen molar-refractivity contribution in [3.05, 3.63) is 83.4 Å². The Kier molecular flexibility index (Phi) is 4.21. The summed E-state index contributed by atoms with van der Waals surface area (Å²) < 4.78 is 1.75. The van der Waals surface area contributed by atoms with Crippen LogP contribution >= 0.6 is 11.6 Å². The summed E-state index contributed by atoms with van der Waals surface area (Å²) in [6.45, 7) is 0.373. The fraction of sp³-hybridized carbons (Fsp3) is 0.0588. The third-order valence-corrected chi connectivity index (χ3v) is 3.67. The van der Waals surface area contributed by atoms with Gasteiger partial charge in [-0.25, -0.2) is 4.98 Å². The zero-order chi connectivity index (χ0) is 15.4. The summed E-state index contributed by atoms with van der Waals surface area (Å²) in [5, 5.41) is 3.51. The normalized spacial score (nSPS) is 10.4. The van der Waals surface area contributed by atoms with Gasteiger partial charge in [-0.3, -0.25) is 9.36 Å².